The molecule has 3 rings (SSSR count). The molecule has 0 fully saturated rings. The van der Waals surface area contributed by atoms with Gasteiger partial charge >= 0.3 is 6.09 Å². The summed E-state index contributed by atoms with van der Waals surface area (Å²) >= 11 is 0. The van der Waals surface area contributed by atoms with Crippen molar-refractivity contribution < 1.29 is 9.53 Å². The molecule has 2 aromatic heterocycles. The lowest BCUT2D eigenvalue weighted by Gasteiger charge is -2.19. The fraction of sp³-hybridized carbons (Fsp3) is 0.294. The normalized spacial score (nSPS) is 11.8. The van der Waals surface area contributed by atoms with Gasteiger partial charge in [0.25, 0.3) is 0 Å². The fourth-order valence-electron chi connectivity index (χ4n) is 2.39. The summed E-state index contributed by atoms with van der Waals surface area (Å²) < 4.78 is 5.24. The largest absolute Gasteiger partial charge is 0.444 e. The quantitative estimate of drug-likeness (QED) is 0.700. The van der Waals surface area contributed by atoms with Crippen molar-refractivity contribution in [1.29, 1.82) is 0 Å². The highest BCUT2D eigenvalue weighted by atomic mass is 16.6. The molecule has 22 heavy (non-hydrogen) atoms. The number of hydrogen-bond donors (Lipinski definition) is 2. The number of pyridine rings is 1. The molecule has 0 saturated carbocycles. The lowest BCUT2D eigenvalue weighted by molar-refractivity contribution is 0.0635. The van der Waals surface area contributed by atoms with Gasteiger partial charge in [0.15, 0.2) is 0 Å². The molecule has 2 N–H and O–H groups in total. The number of anilines is 1. The lowest BCUT2D eigenvalue weighted by atomic mass is 10.1. The summed E-state index contributed by atoms with van der Waals surface area (Å²) in [6, 6.07) is 8.08. The number of hydrogen-bond acceptors (Lipinski definition) is 3. The van der Waals surface area contributed by atoms with E-state index < -0.39 is 11.7 Å². The first-order chi connectivity index (χ1) is 10.3. The highest BCUT2D eigenvalue weighted by Crippen LogP contribution is 2.27. The van der Waals surface area contributed by atoms with E-state index in [1.54, 1.807) is 6.20 Å². The van der Waals surface area contributed by atoms with E-state index in [0.717, 1.165) is 21.8 Å². The van der Waals surface area contributed by atoms with Crippen LogP contribution >= 0.6 is 0 Å². The number of carbonyl (C=O) groups is 1. The number of ether oxygens (including phenoxy) is 1. The molecule has 1 amide bonds. The number of aromatic nitrogens is 2. The van der Waals surface area contributed by atoms with Gasteiger partial charge in [0, 0.05) is 16.3 Å². The number of aryl methyl sites for hydroxylation is 1. The van der Waals surface area contributed by atoms with Crippen LogP contribution in [0.4, 0.5) is 10.6 Å². The fourth-order valence-corrected chi connectivity index (χ4v) is 2.39. The summed E-state index contributed by atoms with van der Waals surface area (Å²) in [4.78, 5) is 19.4. The Balaban J connectivity index is 1.97. The molecule has 0 spiro atoms. The molecule has 1 aromatic carbocycles. The molecular weight excluding hydrogens is 278 g/mol. The van der Waals surface area contributed by atoms with Crippen molar-refractivity contribution in [3.8, 4) is 0 Å². The zero-order valence-corrected chi connectivity index (χ0v) is 13.2. The third kappa shape index (κ3) is 2.88. The van der Waals surface area contributed by atoms with Crippen molar-refractivity contribution >= 4 is 33.7 Å². The highest BCUT2D eigenvalue weighted by molar-refractivity contribution is 6.08. The molecule has 0 atom stereocenters. The van der Waals surface area contributed by atoms with E-state index >= 15 is 0 Å². The van der Waals surface area contributed by atoms with E-state index in [0.29, 0.717) is 5.82 Å². The molecule has 5 heteroatoms. The molecule has 0 aliphatic rings. The highest BCUT2D eigenvalue weighted by Gasteiger charge is 2.17. The molecule has 0 radical (unpaired) electrons. The van der Waals surface area contributed by atoms with Gasteiger partial charge in [-0.15, -0.1) is 0 Å². The average Bonchev–Trinajstić information content (AvgIpc) is 2.74. The Morgan fingerprint density at radius 3 is 2.64 bits per heavy atom. The number of rotatable bonds is 1. The van der Waals surface area contributed by atoms with Crippen molar-refractivity contribution in [3.05, 3.63) is 36.0 Å². The monoisotopic (exact) mass is 297 g/mol. The van der Waals surface area contributed by atoms with Crippen LogP contribution in [-0.4, -0.2) is 21.7 Å². The van der Waals surface area contributed by atoms with Crippen LogP contribution in [0.3, 0.4) is 0 Å². The second kappa shape index (κ2) is 5.02. The topological polar surface area (TPSA) is 67.0 Å². The van der Waals surface area contributed by atoms with Gasteiger partial charge in [0.2, 0.25) is 0 Å². The number of nitrogens with one attached hydrogen (secondary N) is 2. The first kappa shape index (κ1) is 14.4. The summed E-state index contributed by atoms with van der Waals surface area (Å²) in [7, 11) is 0. The van der Waals surface area contributed by atoms with Crippen LogP contribution in [0.15, 0.2) is 30.5 Å². The average molecular weight is 297 g/mol. The van der Waals surface area contributed by atoms with Gasteiger partial charge in [-0.1, -0.05) is 11.6 Å². The summed E-state index contributed by atoms with van der Waals surface area (Å²) in [6.07, 6.45) is 1.22. The smallest absolute Gasteiger partial charge is 0.413 e. The van der Waals surface area contributed by atoms with Gasteiger partial charge in [-0.3, -0.25) is 5.32 Å². The SMILES string of the molecule is Cc1ccc2[nH]c3cnc(NC(=O)OC(C)(C)C)cc3c2c1. The maximum Gasteiger partial charge on any atom is 0.413 e. The second-order valence-electron chi connectivity index (χ2n) is 6.42. The standard InChI is InChI=1S/C17H19N3O2/c1-10-5-6-13-11(7-10)12-8-15(18-9-14(12)19-13)20-16(21)22-17(2,3)4/h5-9,19H,1-4H3,(H,18,20,21). The molecule has 5 nitrogen and oxygen atoms in total. The lowest BCUT2D eigenvalue weighted by Crippen LogP contribution is -2.27. The number of carbonyl (C=O) groups excluding carboxylic acids is 1. The van der Waals surface area contributed by atoms with Gasteiger partial charge in [0.05, 0.1) is 11.7 Å². The predicted molar refractivity (Wildman–Crippen MR) is 88.2 cm³/mol. The molecule has 0 aliphatic carbocycles. The zero-order valence-electron chi connectivity index (χ0n) is 13.2. The molecule has 0 bridgehead atoms. The number of aromatic amines is 1. The maximum atomic E-state index is 11.8. The van der Waals surface area contributed by atoms with E-state index in [1.807, 2.05) is 32.9 Å². The van der Waals surface area contributed by atoms with Crippen LogP contribution in [0.25, 0.3) is 21.8 Å². The molecule has 0 saturated heterocycles. The Morgan fingerprint density at radius 1 is 1.18 bits per heavy atom. The molecule has 3 aromatic rings. The Morgan fingerprint density at radius 2 is 1.91 bits per heavy atom. The van der Waals surface area contributed by atoms with E-state index in [9.17, 15) is 4.79 Å². The van der Waals surface area contributed by atoms with Crippen molar-refractivity contribution in [2.24, 2.45) is 0 Å². The molecule has 114 valence electrons. The van der Waals surface area contributed by atoms with Gasteiger partial charge in [-0.2, -0.15) is 0 Å². The summed E-state index contributed by atoms with van der Waals surface area (Å²) in [5.41, 5.74) is 2.64. The Kier molecular flexibility index (Phi) is 3.28. The second-order valence-corrected chi connectivity index (χ2v) is 6.42. The minimum Gasteiger partial charge on any atom is -0.444 e. The van der Waals surface area contributed by atoms with Crippen LogP contribution in [-0.2, 0) is 4.74 Å². The molecule has 0 aliphatic heterocycles. The summed E-state index contributed by atoms with van der Waals surface area (Å²) in [6.45, 7) is 7.53. The van der Waals surface area contributed by atoms with E-state index in [1.165, 1.54) is 5.56 Å². The van der Waals surface area contributed by atoms with E-state index in [-0.39, 0.29) is 0 Å². The first-order valence-electron chi connectivity index (χ1n) is 7.20. The number of nitrogens with zero attached hydrogens (tertiary/aromatic N) is 1. The van der Waals surface area contributed by atoms with E-state index in [4.69, 9.17) is 4.74 Å². The van der Waals surface area contributed by atoms with E-state index in [2.05, 4.69) is 34.3 Å². The minimum atomic E-state index is -0.536. The Labute approximate surface area is 128 Å². The first-order valence-corrected chi connectivity index (χ1v) is 7.20. The molecule has 2 heterocycles. The number of H-pyrrole nitrogens is 1. The van der Waals surface area contributed by atoms with Crippen LogP contribution < -0.4 is 5.32 Å². The maximum absolute atomic E-state index is 11.8. The number of benzene rings is 1. The van der Waals surface area contributed by atoms with Crippen molar-refractivity contribution in [2.45, 2.75) is 33.3 Å². The summed E-state index contributed by atoms with van der Waals surface area (Å²) in [5, 5.41) is 4.82. The molecule has 0 unspecified atom stereocenters. The number of amides is 1. The van der Waals surface area contributed by atoms with Gasteiger partial charge in [-0.25, -0.2) is 9.78 Å². The Bertz CT molecular complexity index is 859. The van der Waals surface area contributed by atoms with Crippen LogP contribution in [0, 0.1) is 6.92 Å². The predicted octanol–water partition coefficient (Wildman–Crippen LogP) is 4.37. The van der Waals surface area contributed by atoms with Gasteiger partial charge < -0.3 is 9.72 Å². The van der Waals surface area contributed by atoms with Crippen molar-refractivity contribution in [1.82, 2.24) is 9.97 Å². The number of fused-ring (bicyclic) bond motifs is 3. The van der Waals surface area contributed by atoms with Gasteiger partial charge in [0.1, 0.15) is 11.4 Å². The summed E-state index contributed by atoms with van der Waals surface area (Å²) in [5.74, 6) is 0.476. The third-order valence-corrected chi connectivity index (χ3v) is 3.27. The zero-order chi connectivity index (χ0) is 15.9. The van der Waals surface area contributed by atoms with Crippen molar-refractivity contribution in [2.75, 3.05) is 5.32 Å². The molecular formula is C17H19N3O2. The van der Waals surface area contributed by atoms with Crippen LogP contribution in [0.1, 0.15) is 26.3 Å². The van der Waals surface area contributed by atoms with Gasteiger partial charge in [-0.05, 0) is 45.9 Å². The van der Waals surface area contributed by atoms with Crippen LogP contribution in [0.5, 0.6) is 0 Å². The minimum absolute atomic E-state index is 0.476. The van der Waals surface area contributed by atoms with Crippen molar-refractivity contribution in [3.63, 3.8) is 0 Å². The Hall–Kier alpha value is -2.56. The van der Waals surface area contributed by atoms with Crippen LogP contribution in [0.2, 0.25) is 0 Å². The third-order valence-electron chi connectivity index (χ3n) is 3.27.